The second kappa shape index (κ2) is 6.41. The summed E-state index contributed by atoms with van der Waals surface area (Å²) in [4.78, 5) is 23.6. The van der Waals surface area contributed by atoms with Gasteiger partial charge in [0.05, 0.1) is 11.7 Å². The molecular formula is C15H21N5O2. The molecule has 1 aliphatic rings. The Labute approximate surface area is 128 Å². The van der Waals surface area contributed by atoms with Crippen LogP contribution in [0.4, 0.5) is 0 Å². The first kappa shape index (κ1) is 14.9. The lowest BCUT2D eigenvalue weighted by Gasteiger charge is -2.37. The van der Waals surface area contributed by atoms with Crippen LogP contribution in [0.25, 0.3) is 0 Å². The van der Waals surface area contributed by atoms with E-state index in [0.29, 0.717) is 0 Å². The Morgan fingerprint density at radius 1 is 1.36 bits per heavy atom. The highest BCUT2D eigenvalue weighted by molar-refractivity contribution is 5.04. The van der Waals surface area contributed by atoms with E-state index in [0.717, 1.165) is 49.9 Å². The van der Waals surface area contributed by atoms with Crippen LogP contribution in [0, 0.1) is 6.92 Å². The highest BCUT2D eigenvalue weighted by atomic mass is 16.5. The van der Waals surface area contributed by atoms with Crippen molar-refractivity contribution in [3.63, 3.8) is 0 Å². The van der Waals surface area contributed by atoms with E-state index in [-0.39, 0.29) is 11.6 Å². The van der Waals surface area contributed by atoms with Crippen molar-refractivity contribution in [3.05, 3.63) is 46.0 Å². The molecule has 0 amide bonds. The third-order valence-electron chi connectivity index (χ3n) is 4.12. The number of hydrogen-bond donors (Lipinski definition) is 1. The Hall–Kier alpha value is -1.99. The molecule has 0 aliphatic carbocycles. The van der Waals surface area contributed by atoms with Crippen LogP contribution in [-0.2, 0) is 6.54 Å². The minimum atomic E-state index is -0.0842. The van der Waals surface area contributed by atoms with Crippen LogP contribution in [0.3, 0.4) is 0 Å². The van der Waals surface area contributed by atoms with E-state index < -0.39 is 0 Å². The van der Waals surface area contributed by atoms with Gasteiger partial charge in [0.2, 0.25) is 0 Å². The van der Waals surface area contributed by atoms with Crippen molar-refractivity contribution in [1.82, 2.24) is 24.9 Å². The molecule has 3 heterocycles. The van der Waals surface area contributed by atoms with E-state index in [2.05, 4.69) is 31.8 Å². The van der Waals surface area contributed by atoms with Crippen LogP contribution < -0.4 is 5.56 Å². The van der Waals surface area contributed by atoms with Crippen LogP contribution in [0.1, 0.15) is 30.2 Å². The zero-order chi connectivity index (χ0) is 15.5. The van der Waals surface area contributed by atoms with Crippen LogP contribution >= 0.6 is 0 Å². The molecular weight excluding hydrogens is 282 g/mol. The molecule has 3 rings (SSSR count). The number of hydrogen-bond acceptors (Lipinski definition) is 6. The zero-order valence-corrected chi connectivity index (χ0v) is 13.0. The molecule has 1 saturated heterocycles. The largest absolute Gasteiger partial charge is 0.364 e. The lowest BCUT2D eigenvalue weighted by molar-refractivity contribution is 0.0931. The molecule has 1 aliphatic heterocycles. The van der Waals surface area contributed by atoms with Crippen LogP contribution in [0.2, 0.25) is 0 Å². The molecule has 1 N–H and O–H groups in total. The van der Waals surface area contributed by atoms with E-state index in [1.165, 1.54) is 6.07 Å². The summed E-state index contributed by atoms with van der Waals surface area (Å²) in [6, 6.07) is 3.53. The van der Waals surface area contributed by atoms with Gasteiger partial charge in [-0.2, -0.15) is 0 Å². The lowest BCUT2D eigenvalue weighted by atomic mass is 10.2. The van der Waals surface area contributed by atoms with E-state index in [1.807, 2.05) is 13.0 Å². The Morgan fingerprint density at radius 3 is 2.77 bits per heavy atom. The van der Waals surface area contributed by atoms with E-state index in [9.17, 15) is 4.79 Å². The van der Waals surface area contributed by atoms with Crippen LogP contribution in [-0.4, -0.2) is 51.1 Å². The van der Waals surface area contributed by atoms with Crippen molar-refractivity contribution in [2.24, 2.45) is 0 Å². The average molecular weight is 303 g/mol. The summed E-state index contributed by atoms with van der Waals surface area (Å²) in [7, 11) is 0. The van der Waals surface area contributed by atoms with E-state index in [1.54, 1.807) is 6.26 Å². The van der Waals surface area contributed by atoms with E-state index in [4.69, 9.17) is 4.52 Å². The molecule has 0 unspecified atom stereocenters. The van der Waals surface area contributed by atoms with Crippen LogP contribution in [0.15, 0.2) is 27.7 Å². The van der Waals surface area contributed by atoms with Crippen molar-refractivity contribution < 1.29 is 4.52 Å². The Bertz CT molecular complexity index is 659. The SMILES string of the molecule is Cc1cc(=O)[nH]c([C@H](C)N2CCN(Cc3ccon3)CC2)n1. The summed E-state index contributed by atoms with van der Waals surface area (Å²) in [5.41, 5.74) is 1.64. The van der Waals surface area contributed by atoms with E-state index >= 15 is 0 Å². The molecule has 22 heavy (non-hydrogen) atoms. The number of aromatic amines is 1. The summed E-state index contributed by atoms with van der Waals surface area (Å²) in [6.07, 6.45) is 1.60. The van der Waals surface area contributed by atoms with Crippen molar-refractivity contribution in [2.75, 3.05) is 26.2 Å². The molecule has 7 nitrogen and oxygen atoms in total. The predicted octanol–water partition coefficient (Wildman–Crippen LogP) is 0.945. The maximum absolute atomic E-state index is 11.6. The number of H-pyrrole nitrogens is 1. The maximum atomic E-state index is 11.6. The quantitative estimate of drug-likeness (QED) is 0.906. The monoisotopic (exact) mass is 303 g/mol. The van der Waals surface area contributed by atoms with Gasteiger partial charge in [-0.1, -0.05) is 5.16 Å². The third kappa shape index (κ3) is 3.42. The van der Waals surface area contributed by atoms with Gasteiger partial charge in [-0.05, 0) is 13.8 Å². The van der Waals surface area contributed by atoms with Gasteiger partial charge in [0.25, 0.3) is 5.56 Å². The molecule has 0 saturated carbocycles. The lowest BCUT2D eigenvalue weighted by Crippen LogP contribution is -2.47. The normalized spacial score (nSPS) is 18.5. The topological polar surface area (TPSA) is 78.3 Å². The third-order valence-corrected chi connectivity index (χ3v) is 4.12. The highest BCUT2D eigenvalue weighted by Gasteiger charge is 2.23. The fourth-order valence-electron chi connectivity index (χ4n) is 2.83. The van der Waals surface area contributed by atoms with Gasteiger partial charge in [-0.25, -0.2) is 4.98 Å². The van der Waals surface area contributed by atoms with Crippen molar-refractivity contribution >= 4 is 0 Å². The predicted molar refractivity (Wildman–Crippen MR) is 81.4 cm³/mol. The van der Waals surface area contributed by atoms with Gasteiger partial charge >= 0.3 is 0 Å². The van der Waals surface area contributed by atoms with Gasteiger partial charge in [-0.3, -0.25) is 14.6 Å². The molecule has 0 spiro atoms. The van der Waals surface area contributed by atoms with Gasteiger partial charge < -0.3 is 9.51 Å². The molecule has 1 atom stereocenters. The van der Waals surface area contributed by atoms with Crippen molar-refractivity contribution in [2.45, 2.75) is 26.4 Å². The van der Waals surface area contributed by atoms with Gasteiger partial charge in [0, 0.05) is 50.6 Å². The number of rotatable bonds is 4. The fourth-order valence-corrected chi connectivity index (χ4v) is 2.83. The molecule has 2 aromatic heterocycles. The molecule has 1 fully saturated rings. The molecule has 0 aromatic carbocycles. The summed E-state index contributed by atoms with van der Waals surface area (Å²) < 4.78 is 4.87. The van der Waals surface area contributed by atoms with Gasteiger partial charge in [-0.15, -0.1) is 0 Å². The Morgan fingerprint density at radius 2 is 2.14 bits per heavy atom. The molecule has 0 bridgehead atoms. The molecule has 0 radical (unpaired) electrons. The summed E-state index contributed by atoms with van der Waals surface area (Å²) >= 11 is 0. The van der Waals surface area contributed by atoms with Crippen LogP contribution in [0.5, 0.6) is 0 Å². The second-order valence-corrected chi connectivity index (χ2v) is 5.75. The molecule has 7 heteroatoms. The first-order valence-corrected chi connectivity index (χ1v) is 7.55. The average Bonchev–Trinajstić information content (AvgIpc) is 2.99. The minimum absolute atomic E-state index is 0.0842. The van der Waals surface area contributed by atoms with Gasteiger partial charge in [0.1, 0.15) is 12.1 Å². The number of aromatic nitrogens is 3. The number of aryl methyl sites for hydroxylation is 1. The standard InChI is InChI=1S/C15H21N5O2/c1-11-9-14(21)17-15(16-11)12(2)20-6-4-19(5-7-20)10-13-3-8-22-18-13/h3,8-9,12H,4-7,10H2,1-2H3,(H,16,17,21)/t12-/m0/s1. The Kier molecular flexibility index (Phi) is 4.35. The maximum Gasteiger partial charge on any atom is 0.251 e. The second-order valence-electron chi connectivity index (χ2n) is 5.75. The summed E-state index contributed by atoms with van der Waals surface area (Å²) in [5.74, 6) is 0.745. The van der Waals surface area contributed by atoms with Crippen molar-refractivity contribution in [3.8, 4) is 0 Å². The van der Waals surface area contributed by atoms with Crippen molar-refractivity contribution in [1.29, 1.82) is 0 Å². The highest BCUT2D eigenvalue weighted by Crippen LogP contribution is 2.18. The number of nitrogens with one attached hydrogen (secondary N) is 1. The fraction of sp³-hybridized carbons (Fsp3) is 0.533. The van der Waals surface area contributed by atoms with Gasteiger partial charge in [0.15, 0.2) is 0 Å². The first-order chi connectivity index (χ1) is 10.6. The Balaban J connectivity index is 1.59. The summed E-state index contributed by atoms with van der Waals surface area (Å²) in [6.45, 7) is 8.57. The number of piperazine rings is 1. The zero-order valence-electron chi connectivity index (χ0n) is 13.0. The molecule has 2 aromatic rings. The smallest absolute Gasteiger partial charge is 0.251 e. The molecule has 118 valence electrons. The first-order valence-electron chi connectivity index (χ1n) is 7.55. The summed E-state index contributed by atoms with van der Waals surface area (Å²) in [5, 5.41) is 3.95. The number of nitrogens with zero attached hydrogens (tertiary/aromatic N) is 4. The minimum Gasteiger partial charge on any atom is -0.364 e.